The van der Waals surface area contributed by atoms with Crippen molar-refractivity contribution in [3.8, 4) is 0 Å². The molecule has 1 aromatic carbocycles. The van der Waals surface area contributed by atoms with Crippen LogP contribution in [0, 0.1) is 0 Å². The molecule has 0 aliphatic carbocycles. The van der Waals surface area contributed by atoms with Crippen LogP contribution in [0.2, 0.25) is 0 Å². The minimum Gasteiger partial charge on any atom is -0.353 e. The highest BCUT2D eigenvalue weighted by atomic mass is 15.1. The zero-order chi connectivity index (χ0) is 17.6. The summed E-state index contributed by atoms with van der Waals surface area (Å²) in [5.41, 5.74) is 3.63. The molecule has 1 aliphatic heterocycles. The van der Waals surface area contributed by atoms with Crippen LogP contribution >= 0.6 is 0 Å². The molecule has 1 N–H and O–H groups in total. The number of rotatable bonds is 3. The number of hydrogen-bond acceptors (Lipinski definition) is 2. The Kier molecular flexibility index (Phi) is 5.65. The normalized spacial score (nSPS) is 18.8. The molecular formula is C23H29N3. The van der Waals surface area contributed by atoms with Crippen LogP contribution < -0.4 is 0 Å². The molecule has 0 unspecified atom stereocenters. The first-order chi connectivity index (χ1) is 12.9. The fourth-order valence-corrected chi connectivity index (χ4v) is 4.05. The smallest absolute Gasteiger partial charge is 0.0684 e. The number of para-hydroxylation sites is 1. The Morgan fingerprint density at radius 2 is 1.65 bits per heavy atom. The topological polar surface area (TPSA) is 31.9 Å². The van der Waals surface area contributed by atoms with Crippen molar-refractivity contribution in [2.45, 2.75) is 44.9 Å². The summed E-state index contributed by atoms with van der Waals surface area (Å²) in [6, 6.07) is 10.7. The summed E-state index contributed by atoms with van der Waals surface area (Å²) in [6.07, 6.45) is 15.4. The monoisotopic (exact) mass is 347 g/mol. The van der Waals surface area contributed by atoms with Gasteiger partial charge in [0, 0.05) is 35.5 Å². The first kappa shape index (κ1) is 17.3. The van der Waals surface area contributed by atoms with Gasteiger partial charge in [0.05, 0.1) is 11.2 Å². The molecule has 0 atom stereocenters. The molecule has 1 aliphatic rings. The maximum Gasteiger partial charge on any atom is 0.0684 e. The third-order valence-electron chi connectivity index (χ3n) is 5.53. The van der Waals surface area contributed by atoms with Gasteiger partial charge in [-0.3, -0.25) is 4.98 Å². The number of nitrogens with zero attached hydrogens (tertiary/aromatic N) is 2. The number of H-pyrrole nitrogens is 1. The van der Waals surface area contributed by atoms with Gasteiger partial charge in [0.1, 0.15) is 0 Å². The first-order valence-corrected chi connectivity index (χ1v) is 10.1. The summed E-state index contributed by atoms with van der Waals surface area (Å²) in [5, 5.41) is 2.60. The number of fused-ring (bicyclic) bond motifs is 3. The maximum absolute atomic E-state index is 4.71. The molecular weight excluding hydrogens is 318 g/mol. The Bertz CT molecular complexity index is 863. The van der Waals surface area contributed by atoms with Gasteiger partial charge in [0.25, 0.3) is 0 Å². The van der Waals surface area contributed by atoms with E-state index in [-0.39, 0.29) is 0 Å². The molecule has 0 saturated carbocycles. The van der Waals surface area contributed by atoms with Gasteiger partial charge >= 0.3 is 0 Å². The largest absolute Gasteiger partial charge is 0.353 e. The minimum atomic E-state index is 1.02. The Morgan fingerprint density at radius 1 is 0.885 bits per heavy atom. The van der Waals surface area contributed by atoms with Crippen molar-refractivity contribution in [2.75, 3.05) is 19.6 Å². The Morgan fingerprint density at radius 3 is 2.46 bits per heavy atom. The second kappa shape index (κ2) is 8.50. The van der Waals surface area contributed by atoms with Crippen molar-refractivity contribution in [3.05, 3.63) is 54.4 Å². The molecule has 3 aromatic rings. The zero-order valence-corrected chi connectivity index (χ0v) is 15.6. The molecule has 3 heterocycles. The van der Waals surface area contributed by atoms with Crippen LogP contribution in [-0.2, 0) is 6.42 Å². The van der Waals surface area contributed by atoms with Crippen molar-refractivity contribution in [1.29, 1.82) is 0 Å². The highest BCUT2D eigenvalue weighted by Gasteiger charge is 2.11. The van der Waals surface area contributed by atoms with E-state index in [4.69, 9.17) is 4.98 Å². The van der Waals surface area contributed by atoms with Gasteiger partial charge < -0.3 is 9.88 Å². The molecule has 3 heteroatoms. The van der Waals surface area contributed by atoms with Gasteiger partial charge in [0.2, 0.25) is 0 Å². The van der Waals surface area contributed by atoms with E-state index in [0.29, 0.717) is 0 Å². The Labute approximate surface area is 156 Å². The summed E-state index contributed by atoms with van der Waals surface area (Å²) < 4.78 is 0. The van der Waals surface area contributed by atoms with Crippen LogP contribution in [-0.4, -0.2) is 34.5 Å². The molecule has 0 spiro atoms. The summed E-state index contributed by atoms with van der Waals surface area (Å²) >= 11 is 0. The average molecular weight is 348 g/mol. The highest BCUT2D eigenvalue weighted by Crippen LogP contribution is 2.26. The lowest BCUT2D eigenvalue weighted by Crippen LogP contribution is -2.28. The van der Waals surface area contributed by atoms with Gasteiger partial charge in [-0.05, 0) is 63.7 Å². The second-order valence-electron chi connectivity index (χ2n) is 7.41. The van der Waals surface area contributed by atoms with Crippen LogP contribution in [0.4, 0.5) is 0 Å². The van der Waals surface area contributed by atoms with Gasteiger partial charge in [-0.1, -0.05) is 30.4 Å². The van der Waals surface area contributed by atoms with E-state index in [1.54, 1.807) is 0 Å². The second-order valence-corrected chi connectivity index (χ2v) is 7.41. The first-order valence-electron chi connectivity index (χ1n) is 10.1. The van der Waals surface area contributed by atoms with E-state index in [9.17, 15) is 0 Å². The van der Waals surface area contributed by atoms with E-state index >= 15 is 0 Å². The standard InChI is InChI=1S/C23H29N3/c1-2-4-6-10-17-26(16-9-5-3-1)18-14-22-23-20(13-15-24-22)19-11-7-8-12-21(19)25-23/h1-2,7-8,11-13,15,25H,3-6,9-10,14,16-18H2/b2-1+. The van der Waals surface area contributed by atoms with E-state index < -0.39 is 0 Å². The Hall–Kier alpha value is -2.13. The van der Waals surface area contributed by atoms with Crippen LogP contribution in [0.3, 0.4) is 0 Å². The predicted octanol–water partition coefficient (Wildman–Crippen LogP) is 5.47. The molecule has 4 rings (SSSR count). The quantitative estimate of drug-likeness (QED) is 0.637. The van der Waals surface area contributed by atoms with Gasteiger partial charge in [0.15, 0.2) is 0 Å². The van der Waals surface area contributed by atoms with E-state index in [2.05, 4.69) is 52.4 Å². The Balaban J connectivity index is 1.48. The number of aromatic amines is 1. The predicted molar refractivity (Wildman–Crippen MR) is 111 cm³/mol. The molecule has 26 heavy (non-hydrogen) atoms. The van der Waals surface area contributed by atoms with Gasteiger partial charge in [-0.2, -0.15) is 0 Å². The fraction of sp³-hybridized carbons (Fsp3) is 0.435. The SMILES string of the molecule is C1=C/CCCCN(CCc2nccc3c2[nH]c2ccccc23)CCCC/1. The molecule has 2 aromatic heterocycles. The third kappa shape index (κ3) is 3.99. The molecule has 136 valence electrons. The molecule has 3 nitrogen and oxygen atoms in total. The van der Waals surface area contributed by atoms with E-state index in [1.807, 2.05) is 6.20 Å². The summed E-state index contributed by atoms with van der Waals surface area (Å²) in [5.74, 6) is 0. The molecule has 0 amide bonds. The number of aromatic nitrogens is 2. The number of hydrogen-bond donors (Lipinski definition) is 1. The van der Waals surface area contributed by atoms with Crippen molar-refractivity contribution in [1.82, 2.24) is 14.9 Å². The molecule has 0 saturated heterocycles. The number of pyridine rings is 1. The lowest BCUT2D eigenvalue weighted by Gasteiger charge is -2.22. The van der Waals surface area contributed by atoms with Crippen LogP contribution in [0.1, 0.15) is 44.2 Å². The minimum absolute atomic E-state index is 1.02. The van der Waals surface area contributed by atoms with Crippen LogP contribution in [0.25, 0.3) is 21.8 Å². The van der Waals surface area contributed by atoms with Gasteiger partial charge in [-0.15, -0.1) is 0 Å². The molecule has 0 radical (unpaired) electrons. The van der Waals surface area contributed by atoms with E-state index in [0.717, 1.165) is 13.0 Å². The maximum atomic E-state index is 4.71. The lowest BCUT2D eigenvalue weighted by molar-refractivity contribution is 0.266. The summed E-state index contributed by atoms with van der Waals surface area (Å²) in [7, 11) is 0. The third-order valence-corrected chi connectivity index (χ3v) is 5.53. The zero-order valence-electron chi connectivity index (χ0n) is 15.6. The summed E-state index contributed by atoms with van der Waals surface area (Å²) in [6.45, 7) is 3.54. The van der Waals surface area contributed by atoms with Gasteiger partial charge in [-0.25, -0.2) is 0 Å². The van der Waals surface area contributed by atoms with Crippen molar-refractivity contribution >= 4 is 21.8 Å². The van der Waals surface area contributed by atoms with Crippen LogP contribution in [0.15, 0.2) is 48.7 Å². The number of benzene rings is 1. The molecule has 0 fully saturated rings. The number of nitrogens with one attached hydrogen (secondary N) is 1. The van der Waals surface area contributed by atoms with Crippen molar-refractivity contribution in [3.63, 3.8) is 0 Å². The van der Waals surface area contributed by atoms with Crippen LogP contribution in [0.5, 0.6) is 0 Å². The number of allylic oxidation sites excluding steroid dienone is 2. The van der Waals surface area contributed by atoms with Crippen molar-refractivity contribution < 1.29 is 0 Å². The van der Waals surface area contributed by atoms with E-state index in [1.165, 1.54) is 79.1 Å². The average Bonchev–Trinajstić information content (AvgIpc) is 3.03. The highest BCUT2D eigenvalue weighted by molar-refractivity contribution is 6.07. The van der Waals surface area contributed by atoms with Crippen molar-refractivity contribution in [2.24, 2.45) is 0 Å². The summed E-state index contributed by atoms with van der Waals surface area (Å²) in [4.78, 5) is 11.0. The molecule has 0 bridgehead atoms. The lowest BCUT2D eigenvalue weighted by atomic mass is 10.1. The fourth-order valence-electron chi connectivity index (χ4n) is 4.05.